The molecule has 0 aliphatic heterocycles. The van der Waals surface area contributed by atoms with Gasteiger partial charge in [0.1, 0.15) is 22.5 Å². The second-order valence-corrected chi connectivity index (χ2v) is 7.66. The number of anilines is 1. The molecule has 7 nitrogen and oxygen atoms in total. The molecule has 0 atom stereocenters. The van der Waals surface area contributed by atoms with Gasteiger partial charge in [-0.15, -0.1) is 15.0 Å². The Morgan fingerprint density at radius 1 is 0.909 bits per heavy atom. The topological polar surface area (TPSA) is 78.3 Å². The third-order valence-electron chi connectivity index (χ3n) is 5.41. The molecule has 0 aliphatic carbocycles. The van der Waals surface area contributed by atoms with Gasteiger partial charge in [0.2, 0.25) is 0 Å². The summed E-state index contributed by atoms with van der Waals surface area (Å²) in [7, 11) is 1.60. The first-order chi connectivity index (χ1) is 16.1. The van der Waals surface area contributed by atoms with Crippen molar-refractivity contribution in [2.24, 2.45) is 0 Å². The maximum Gasteiger partial charge on any atom is 0.262 e. The number of carbonyl (C=O) groups excluding carboxylic acids is 1. The number of methoxy groups -OCH3 is 1. The van der Waals surface area contributed by atoms with Gasteiger partial charge in [0.25, 0.3) is 5.91 Å². The van der Waals surface area contributed by atoms with Crippen LogP contribution in [-0.2, 0) is 4.79 Å². The number of benzene rings is 4. The van der Waals surface area contributed by atoms with E-state index in [0.29, 0.717) is 17.0 Å². The van der Waals surface area contributed by atoms with E-state index in [1.807, 2.05) is 43.3 Å². The van der Waals surface area contributed by atoms with Crippen LogP contribution in [0.15, 0.2) is 78.9 Å². The van der Waals surface area contributed by atoms with Crippen LogP contribution in [0.1, 0.15) is 5.56 Å². The first-order valence-corrected chi connectivity index (χ1v) is 10.5. The fourth-order valence-electron chi connectivity index (χ4n) is 3.70. The number of nitrogens with zero attached hydrogens (tertiary/aromatic N) is 3. The maximum atomic E-state index is 12.5. The van der Waals surface area contributed by atoms with Crippen molar-refractivity contribution in [2.45, 2.75) is 6.92 Å². The van der Waals surface area contributed by atoms with Gasteiger partial charge in [-0.25, -0.2) is 0 Å². The first kappa shape index (κ1) is 20.5. The van der Waals surface area contributed by atoms with Crippen LogP contribution in [0.4, 0.5) is 5.69 Å². The van der Waals surface area contributed by atoms with Gasteiger partial charge >= 0.3 is 0 Å². The van der Waals surface area contributed by atoms with Crippen molar-refractivity contribution in [1.82, 2.24) is 15.0 Å². The van der Waals surface area contributed by atoms with Gasteiger partial charge in [-0.2, -0.15) is 0 Å². The Morgan fingerprint density at radius 3 is 2.39 bits per heavy atom. The minimum absolute atomic E-state index is 0.105. The Balaban J connectivity index is 1.36. The third-order valence-corrected chi connectivity index (χ3v) is 5.41. The molecule has 5 aromatic rings. The predicted molar refractivity (Wildman–Crippen MR) is 128 cm³/mol. The van der Waals surface area contributed by atoms with Crippen LogP contribution >= 0.6 is 0 Å². The van der Waals surface area contributed by atoms with E-state index < -0.39 is 0 Å². The molecule has 0 fully saturated rings. The maximum absolute atomic E-state index is 12.5. The zero-order valence-corrected chi connectivity index (χ0v) is 18.3. The zero-order valence-electron chi connectivity index (χ0n) is 18.3. The van der Waals surface area contributed by atoms with Crippen LogP contribution < -0.4 is 14.8 Å². The molecule has 33 heavy (non-hydrogen) atoms. The summed E-state index contributed by atoms with van der Waals surface area (Å²) < 4.78 is 10.7. The molecule has 0 aliphatic rings. The number of hydrogen-bond acceptors (Lipinski definition) is 5. The summed E-state index contributed by atoms with van der Waals surface area (Å²) in [5, 5.41) is 14.4. The lowest BCUT2D eigenvalue weighted by atomic mass is 10.1. The SMILES string of the molecule is COc1ccc(OCC(=O)Nc2cc3nn(-c4cccc5ccccc45)nc3cc2C)cc1. The molecule has 0 radical (unpaired) electrons. The van der Waals surface area contributed by atoms with Gasteiger partial charge in [0, 0.05) is 11.1 Å². The number of rotatable bonds is 6. The van der Waals surface area contributed by atoms with Crippen LogP contribution in [0, 0.1) is 6.92 Å². The lowest BCUT2D eigenvalue weighted by Gasteiger charge is -2.10. The normalized spacial score (nSPS) is 11.0. The molecular weight excluding hydrogens is 416 g/mol. The summed E-state index contributed by atoms with van der Waals surface area (Å²) in [5.41, 5.74) is 3.93. The highest BCUT2D eigenvalue weighted by molar-refractivity contribution is 5.95. The lowest BCUT2D eigenvalue weighted by Crippen LogP contribution is -2.20. The largest absolute Gasteiger partial charge is 0.497 e. The van der Waals surface area contributed by atoms with Crippen molar-refractivity contribution in [3.63, 3.8) is 0 Å². The summed E-state index contributed by atoms with van der Waals surface area (Å²) in [4.78, 5) is 14.1. The lowest BCUT2D eigenvalue weighted by molar-refractivity contribution is -0.118. The van der Waals surface area contributed by atoms with Crippen molar-refractivity contribution >= 4 is 33.4 Å². The third kappa shape index (κ3) is 4.21. The Hall–Kier alpha value is -4.39. The highest BCUT2D eigenvalue weighted by Crippen LogP contribution is 2.25. The molecule has 4 aromatic carbocycles. The molecule has 1 heterocycles. The number of aryl methyl sites for hydroxylation is 1. The van der Waals surface area contributed by atoms with Gasteiger partial charge < -0.3 is 14.8 Å². The number of ether oxygens (including phenoxy) is 2. The quantitative estimate of drug-likeness (QED) is 0.408. The predicted octanol–water partition coefficient (Wildman–Crippen LogP) is 4.91. The molecule has 1 aromatic heterocycles. The van der Waals surface area contributed by atoms with E-state index in [2.05, 4.69) is 33.7 Å². The summed E-state index contributed by atoms with van der Waals surface area (Å²) in [6.45, 7) is 1.82. The fourth-order valence-corrected chi connectivity index (χ4v) is 3.70. The van der Waals surface area contributed by atoms with Crippen molar-refractivity contribution in [3.05, 3.63) is 84.4 Å². The summed E-state index contributed by atoms with van der Waals surface area (Å²) in [5.74, 6) is 1.07. The van der Waals surface area contributed by atoms with Crippen molar-refractivity contribution in [2.75, 3.05) is 19.0 Å². The summed E-state index contributed by atoms with van der Waals surface area (Å²) >= 11 is 0. The number of carbonyl (C=O) groups is 1. The van der Waals surface area contributed by atoms with Crippen molar-refractivity contribution in [1.29, 1.82) is 0 Å². The number of fused-ring (bicyclic) bond motifs is 2. The van der Waals surface area contributed by atoms with E-state index in [1.165, 1.54) is 0 Å². The number of aromatic nitrogens is 3. The Morgan fingerprint density at radius 2 is 1.61 bits per heavy atom. The summed E-state index contributed by atoms with van der Waals surface area (Å²) in [6.07, 6.45) is 0. The van der Waals surface area contributed by atoms with Crippen molar-refractivity contribution in [3.8, 4) is 17.2 Å². The van der Waals surface area contributed by atoms with E-state index in [4.69, 9.17) is 9.47 Å². The highest BCUT2D eigenvalue weighted by atomic mass is 16.5. The monoisotopic (exact) mass is 438 g/mol. The van der Waals surface area contributed by atoms with Crippen molar-refractivity contribution < 1.29 is 14.3 Å². The molecule has 0 bridgehead atoms. The van der Waals surface area contributed by atoms with E-state index in [0.717, 1.165) is 33.3 Å². The number of amides is 1. The molecule has 7 heteroatoms. The van der Waals surface area contributed by atoms with Gasteiger partial charge in [0.15, 0.2) is 6.61 Å². The van der Waals surface area contributed by atoms with Crippen LogP contribution in [-0.4, -0.2) is 34.6 Å². The van der Waals surface area contributed by atoms with Gasteiger partial charge in [-0.05, 0) is 60.3 Å². The standard InChI is InChI=1S/C26H22N4O3/c1-17-14-23-24(29-30(28-23)25-9-5-7-18-6-3-4-8-21(18)25)15-22(17)27-26(31)16-33-20-12-10-19(32-2)11-13-20/h3-15H,16H2,1-2H3,(H,27,31). The summed E-state index contributed by atoms with van der Waals surface area (Å²) in [6, 6.07) is 25.0. The van der Waals surface area contributed by atoms with Crippen LogP contribution in [0.5, 0.6) is 11.5 Å². The molecule has 0 saturated heterocycles. The molecule has 0 spiro atoms. The second kappa shape index (κ2) is 8.63. The molecular formula is C26H22N4O3. The fraction of sp³-hybridized carbons (Fsp3) is 0.115. The molecule has 5 rings (SSSR count). The average molecular weight is 438 g/mol. The van der Waals surface area contributed by atoms with Gasteiger partial charge in [-0.1, -0.05) is 36.4 Å². The number of hydrogen-bond donors (Lipinski definition) is 1. The van der Waals surface area contributed by atoms with E-state index in [9.17, 15) is 4.79 Å². The van der Waals surface area contributed by atoms with Gasteiger partial charge in [0.05, 0.1) is 12.8 Å². The van der Waals surface area contributed by atoms with Crippen LogP contribution in [0.3, 0.4) is 0 Å². The first-order valence-electron chi connectivity index (χ1n) is 10.5. The molecule has 164 valence electrons. The zero-order chi connectivity index (χ0) is 22.8. The molecule has 0 unspecified atom stereocenters. The Labute approximate surface area is 190 Å². The highest BCUT2D eigenvalue weighted by Gasteiger charge is 2.12. The molecule has 1 amide bonds. The average Bonchev–Trinajstić information content (AvgIpc) is 3.25. The van der Waals surface area contributed by atoms with E-state index in [-0.39, 0.29) is 12.5 Å². The minimum Gasteiger partial charge on any atom is -0.497 e. The minimum atomic E-state index is -0.255. The van der Waals surface area contributed by atoms with E-state index >= 15 is 0 Å². The smallest absolute Gasteiger partial charge is 0.262 e. The van der Waals surface area contributed by atoms with Crippen LogP contribution in [0.25, 0.3) is 27.5 Å². The Kier molecular flexibility index (Phi) is 5.36. The van der Waals surface area contributed by atoms with E-state index in [1.54, 1.807) is 36.2 Å². The molecule has 0 saturated carbocycles. The van der Waals surface area contributed by atoms with Gasteiger partial charge in [-0.3, -0.25) is 4.79 Å². The van der Waals surface area contributed by atoms with Crippen LogP contribution in [0.2, 0.25) is 0 Å². The second-order valence-electron chi connectivity index (χ2n) is 7.66. The Bertz CT molecular complexity index is 1450. The number of nitrogens with one attached hydrogen (secondary N) is 1. The molecule has 1 N–H and O–H groups in total.